The molecule has 0 bridgehead atoms. The van der Waals surface area contributed by atoms with Gasteiger partial charge in [0.25, 0.3) is 0 Å². The summed E-state index contributed by atoms with van der Waals surface area (Å²) in [5.41, 5.74) is 2.14. The average Bonchev–Trinajstić information content (AvgIpc) is 3.30. The molecule has 0 aliphatic carbocycles. The van der Waals surface area contributed by atoms with Crippen molar-refractivity contribution in [2.45, 2.75) is 43.4 Å². The van der Waals surface area contributed by atoms with Crippen LogP contribution < -0.4 is 4.74 Å². The lowest BCUT2D eigenvalue weighted by atomic mass is 9.99. The van der Waals surface area contributed by atoms with Crippen LogP contribution in [0.3, 0.4) is 0 Å². The van der Waals surface area contributed by atoms with Crippen LogP contribution in [0.4, 0.5) is 0 Å². The van der Waals surface area contributed by atoms with Gasteiger partial charge in [-0.05, 0) is 48.6 Å². The Morgan fingerprint density at radius 1 is 1.10 bits per heavy atom. The van der Waals surface area contributed by atoms with Crippen LogP contribution >= 0.6 is 0 Å². The van der Waals surface area contributed by atoms with Crippen LogP contribution in [0.2, 0.25) is 0 Å². The first kappa shape index (κ1) is 21.5. The number of methoxy groups -OCH3 is 1. The molecule has 4 rings (SSSR count). The van der Waals surface area contributed by atoms with Crippen LogP contribution in [0.25, 0.3) is 11.4 Å². The summed E-state index contributed by atoms with van der Waals surface area (Å²) < 4.78 is 38.4. The van der Waals surface area contributed by atoms with Crippen molar-refractivity contribution in [2.24, 2.45) is 0 Å². The van der Waals surface area contributed by atoms with Gasteiger partial charge in [0.05, 0.1) is 17.9 Å². The number of aromatic nitrogens is 2. The van der Waals surface area contributed by atoms with E-state index in [1.54, 1.807) is 31.4 Å². The second-order valence-electron chi connectivity index (χ2n) is 8.11. The van der Waals surface area contributed by atoms with Gasteiger partial charge in [0, 0.05) is 18.7 Å². The van der Waals surface area contributed by atoms with E-state index in [1.807, 2.05) is 12.1 Å². The normalized spacial score (nSPS) is 17.7. The van der Waals surface area contributed by atoms with Crippen molar-refractivity contribution >= 4 is 10.0 Å². The summed E-state index contributed by atoms with van der Waals surface area (Å²) >= 11 is 0. The topological polar surface area (TPSA) is 85.5 Å². The molecule has 7 nitrogen and oxygen atoms in total. The Labute approximate surface area is 183 Å². The Morgan fingerprint density at radius 3 is 2.45 bits per heavy atom. The monoisotopic (exact) mass is 441 g/mol. The van der Waals surface area contributed by atoms with E-state index >= 15 is 0 Å². The number of ether oxygens (including phenoxy) is 1. The average molecular weight is 442 g/mol. The molecule has 0 radical (unpaired) electrons. The minimum atomic E-state index is -3.60. The van der Waals surface area contributed by atoms with Crippen LogP contribution in [-0.2, 0) is 10.0 Å². The third kappa shape index (κ3) is 4.50. The summed E-state index contributed by atoms with van der Waals surface area (Å²) in [4.78, 5) is 4.83. The molecule has 0 unspecified atom stereocenters. The second kappa shape index (κ2) is 8.80. The van der Waals surface area contributed by atoms with Crippen LogP contribution in [-0.4, -0.2) is 43.1 Å². The van der Waals surface area contributed by atoms with Crippen molar-refractivity contribution in [1.29, 1.82) is 0 Å². The highest BCUT2D eigenvalue weighted by atomic mass is 32.2. The summed E-state index contributed by atoms with van der Waals surface area (Å²) in [6.07, 6.45) is 1.55. The molecule has 1 aliphatic rings. The van der Waals surface area contributed by atoms with Gasteiger partial charge >= 0.3 is 0 Å². The predicted molar refractivity (Wildman–Crippen MR) is 118 cm³/mol. The van der Waals surface area contributed by atoms with Crippen LogP contribution in [0, 0.1) is 0 Å². The molecule has 1 aliphatic heterocycles. The van der Waals surface area contributed by atoms with Crippen molar-refractivity contribution in [2.75, 3.05) is 20.2 Å². The maximum Gasteiger partial charge on any atom is 0.243 e. The van der Waals surface area contributed by atoms with Crippen molar-refractivity contribution in [3.05, 3.63) is 60.0 Å². The zero-order chi connectivity index (χ0) is 22.0. The first-order valence-corrected chi connectivity index (χ1v) is 11.9. The summed E-state index contributed by atoms with van der Waals surface area (Å²) in [7, 11) is -2.05. The fraction of sp³-hybridized carbons (Fsp3) is 0.391. The lowest BCUT2D eigenvalue weighted by molar-refractivity contribution is 0.265. The summed E-state index contributed by atoms with van der Waals surface area (Å²) in [5, 5.41) is 4.13. The highest BCUT2D eigenvalue weighted by molar-refractivity contribution is 7.89. The minimum absolute atomic E-state index is 0.127. The van der Waals surface area contributed by atoms with E-state index in [4.69, 9.17) is 9.26 Å². The Hall–Kier alpha value is -2.71. The van der Waals surface area contributed by atoms with Gasteiger partial charge in [-0.25, -0.2) is 8.42 Å². The molecule has 164 valence electrons. The Balaban J connectivity index is 1.51. The Bertz CT molecular complexity index is 1120. The predicted octanol–water partition coefficient (Wildman–Crippen LogP) is 4.44. The van der Waals surface area contributed by atoms with E-state index < -0.39 is 10.0 Å². The highest BCUT2D eigenvalue weighted by Gasteiger charge is 2.33. The van der Waals surface area contributed by atoms with Gasteiger partial charge in [0.2, 0.25) is 21.7 Å². The number of benzene rings is 2. The van der Waals surface area contributed by atoms with E-state index in [1.165, 1.54) is 9.87 Å². The molecule has 1 atom stereocenters. The number of hydrogen-bond acceptors (Lipinski definition) is 6. The first-order valence-electron chi connectivity index (χ1n) is 10.5. The summed E-state index contributed by atoms with van der Waals surface area (Å²) in [6, 6.07) is 14.6. The number of hydrogen-bond donors (Lipinski definition) is 0. The van der Waals surface area contributed by atoms with E-state index in [-0.39, 0.29) is 10.8 Å². The molecule has 1 saturated heterocycles. The summed E-state index contributed by atoms with van der Waals surface area (Å²) in [6.45, 7) is 5.09. The quantitative estimate of drug-likeness (QED) is 0.562. The van der Waals surface area contributed by atoms with Gasteiger partial charge < -0.3 is 9.26 Å². The molecule has 3 aromatic rings. The fourth-order valence-corrected chi connectivity index (χ4v) is 5.32. The van der Waals surface area contributed by atoms with Gasteiger partial charge in [0.15, 0.2) is 0 Å². The van der Waals surface area contributed by atoms with Crippen LogP contribution in [0.5, 0.6) is 5.75 Å². The molecule has 0 saturated carbocycles. The van der Waals surface area contributed by atoms with Gasteiger partial charge in [-0.15, -0.1) is 0 Å². The second-order valence-corrected chi connectivity index (χ2v) is 10.0. The Morgan fingerprint density at radius 2 is 1.81 bits per heavy atom. The molecular weight excluding hydrogens is 414 g/mol. The zero-order valence-corrected chi connectivity index (χ0v) is 18.8. The lowest BCUT2D eigenvalue weighted by Gasteiger charge is -2.30. The number of piperidine rings is 1. The first-order chi connectivity index (χ1) is 14.9. The van der Waals surface area contributed by atoms with E-state index in [9.17, 15) is 8.42 Å². The van der Waals surface area contributed by atoms with Crippen molar-refractivity contribution in [3.8, 4) is 17.1 Å². The van der Waals surface area contributed by atoms with E-state index in [0.29, 0.717) is 36.5 Å². The van der Waals surface area contributed by atoms with Gasteiger partial charge in [-0.3, -0.25) is 0 Å². The third-order valence-corrected chi connectivity index (χ3v) is 7.59. The molecule has 8 heteroatoms. The maximum atomic E-state index is 13.1. The molecular formula is C23H27N3O4S. The largest absolute Gasteiger partial charge is 0.497 e. The standard InChI is InChI=1S/C23H27N3O4S/c1-16(2)17-6-8-18(9-7-17)22-24-23(30-25-22)19-5-4-14-26(15-19)31(27,28)21-12-10-20(29-3)11-13-21/h6-13,16,19H,4-5,14-15H2,1-3H3/t19-/m0/s1. The van der Waals surface area contributed by atoms with Crippen LogP contribution in [0.1, 0.15) is 50.0 Å². The number of nitrogens with zero attached hydrogens (tertiary/aromatic N) is 3. The zero-order valence-electron chi connectivity index (χ0n) is 18.0. The van der Waals surface area contributed by atoms with Crippen LogP contribution in [0.15, 0.2) is 57.9 Å². The SMILES string of the molecule is COc1ccc(S(=O)(=O)N2CCC[C@H](c3nc(-c4ccc(C(C)C)cc4)no3)C2)cc1. The van der Waals surface area contributed by atoms with Crippen molar-refractivity contribution in [3.63, 3.8) is 0 Å². The molecule has 0 spiro atoms. The Kier molecular flexibility index (Phi) is 6.11. The summed E-state index contributed by atoms with van der Waals surface area (Å²) in [5.74, 6) is 1.96. The smallest absolute Gasteiger partial charge is 0.243 e. The molecule has 1 fully saturated rings. The van der Waals surface area contributed by atoms with E-state index in [0.717, 1.165) is 18.4 Å². The van der Waals surface area contributed by atoms with E-state index in [2.05, 4.69) is 36.1 Å². The minimum Gasteiger partial charge on any atom is -0.497 e. The highest BCUT2D eigenvalue weighted by Crippen LogP contribution is 2.31. The fourth-order valence-electron chi connectivity index (χ4n) is 3.79. The lowest BCUT2D eigenvalue weighted by Crippen LogP contribution is -2.39. The van der Waals surface area contributed by atoms with Gasteiger partial charge in [0.1, 0.15) is 5.75 Å². The third-order valence-electron chi connectivity index (χ3n) is 5.71. The maximum absolute atomic E-state index is 13.1. The molecule has 0 N–H and O–H groups in total. The van der Waals surface area contributed by atoms with Crippen molar-refractivity contribution < 1.29 is 17.7 Å². The molecule has 31 heavy (non-hydrogen) atoms. The number of rotatable bonds is 6. The van der Waals surface area contributed by atoms with Crippen molar-refractivity contribution in [1.82, 2.24) is 14.4 Å². The molecule has 2 heterocycles. The molecule has 1 aromatic heterocycles. The van der Waals surface area contributed by atoms with Gasteiger partial charge in [-0.1, -0.05) is 43.3 Å². The van der Waals surface area contributed by atoms with Gasteiger partial charge in [-0.2, -0.15) is 9.29 Å². The molecule has 2 aromatic carbocycles. The number of sulfonamides is 1. The molecule has 0 amide bonds.